The summed E-state index contributed by atoms with van der Waals surface area (Å²) in [5.74, 6) is 0.395. The molecule has 0 bridgehead atoms. The molecule has 0 amide bonds. The fourth-order valence-electron chi connectivity index (χ4n) is 2.42. The SMILES string of the molecule is CNCC1CCCN(S(=O)(=O)Nc2ccccc2)C1. The van der Waals surface area contributed by atoms with Crippen LogP contribution in [0, 0.1) is 5.92 Å². The molecule has 1 aromatic rings. The Hall–Kier alpha value is -1.11. The average Bonchev–Trinajstić information content (AvgIpc) is 2.40. The van der Waals surface area contributed by atoms with E-state index in [1.54, 1.807) is 16.4 Å². The molecule has 1 aliphatic heterocycles. The smallest absolute Gasteiger partial charge is 0.301 e. The third-order valence-electron chi connectivity index (χ3n) is 3.34. The molecule has 19 heavy (non-hydrogen) atoms. The average molecular weight is 283 g/mol. The van der Waals surface area contributed by atoms with Crippen LogP contribution in [-0.2, 0) is 10.2 Å². The number of hydrogen-bond donors (Lipinski definition) is 2. The third kappa shape index (κ3) is 3.92. The Bertz CT molecular complexity index is 488. The largest absolute Gasteiger partial charge is 0.319 e. The van der Waals surface area contributed by atoms with Crippen LogP contribution in [0.5, 0.6) is 0 Å². The fraction of sp³-hybridized carbons (Fsp3) is 0.538. The van der Waals surface area contributed by atoms with Gasteiger partial charge in [-0.2, -0.15) is 12.7 Å². The fourth-order valence-corrected chi connectivity index (χ4v) is 3.76. The number of piperidine rings is 1. The van der Waals surface area contributed by atoms with Gasteiger partial charge in [0, 0.05) is 18.8 Å². The van der Waals surface area contributed by atoms with Gasteiger partial charge in [-0.25, -0.2) is 0 Å². The predicted octanol–water partition coefficient (Wildman–Crippen LogP) is 1.27. The van der Waals surface area contributed by atoms with Gasteiger partial charge in [0.2, 0.25) is 0 Å². The van der Waals surface area contributed by atoms with E-state index in [1.807, 2.05) is 25.2 Å². The Balaban J connectivity index is 2.03. The first-order valence-electron chi connectivity index (χ1n) is 6.59. The summed E-state index contributed by atoms with van der Waals surface area (Å²) in [5, 5.41) is 3.12. The molecule has 1 fully saturated rings. The molecule has 0 spiro atoms. The maximum Gasteiger partial charge on any atom is 0.301 e. The van der Waals surface area contributed by atoms with Gasteiger partial charge in [0.1, 0.15) is 0 Å². The van der Waals surface area contributed by atoms with Crippen molar-refractivity contribution in [1.29, 1.82) is 0 Å². The molecule has 5 nitrogen and oxygen atoms in total. The zero-order valence-corrected chi connectivity index (χ0v) is 12.0. The van der Waals surface area contributed by atoms with Crippen LogP contribution in [0.4, 0.5) is 5.69 Å². The molecule has 6 heteroatoms. The van der Waals surface area contributed by atoms with Crippen LogP contribution in [-0.4, -0.2) is 39.4 Å². The molecule has 0 aliphatic carbocycles. The molecule has 1 atom stereocenters. The highest BCUT2D eigenvalue weighted by Crippen LogP contribution is 2.20. The number of benzene rings is 1. The lowest BCUT2D eigenvalue weighted by Gasteiger charge is -2.31. The van der Waals surface area contributed by atoms with E-state index in [9.17, 15) is 8.42 Å². The Morgan fingerprint density at radius 2 is 2.05 bits per heavy atom. The van der Waals surface area contributed by atoms with E-state index in [4.69, 9.17) is 0 Å². The summed E-state index contributed by atoms with van der Waals surface area (Å²) in [5.41, 5.74) is 0.609. The highest BCUT2D eigenvalue weighted by molar-refractivity contribution is 7.90. The second-order valence-corrected chi connectivity index (χ2v) is 6.57. The molecule has 2 rings (SSSR count). The summed E-state index contributed by atoms with van der Waals surface area (Å²) in [6.07, 6.45) is 2.00. The molecule has 1 aromatic carbocycles. The molecule has 1 heterocycles. The van der Waals surface area contributed by atoms with Crippen molar-refractivity contribution >= 4 is 15.9 Å². The minimum Gasteiger partial charge on any atom is -0.319 e. The van der Waals surface area contributed by atoms with Gasteiger partial charge < -0.3 is 5.32 Å². The summed E-state index contributed by atoms with van der Waals surface area (Å²) in [4.78, 5) is 0. The van der Waals surface area contributed by atoms with Crippen molar-refractivity contribution in [1.82, 2.24) is 9.62 Å². The molecule has 0 aromatic heterocycles. The second kappa shape index (κ2) is 6.36. The van der Waals surface area contributed by atoms with E-state index in [0.29, 0.717) is 24.7 Å². The third-order valence-corrected chi connectivity index (χ3v) is 4.84. The molecule has 1 unspecified atom stereocenters. The molecule has 1 aliphatic rings. The summed E-state index contributed by atoms with van der Waals surface area (Å²) < 4.78 is 28.8. The normalized spacial score (nSPS) is 21.2. The van der Waals surface area contributed by atoms with Crippen molar-refractivity contribution in [2.45, 2.75) is 12.8 Å². The van der Waals surface area contributed by atoms with Crippen molar-refractivity contribution in [2.75, 3.05) is 31.4 Å². The number of hydrogen-bond acceptors (Lipinski definition) is 3. The molecular formula is C13H21N3O2S. The van der Waals surface area contributed by atoms with Crippen LogP contribution in [0.1, 0.15) is 12.8 Å². The molecule has 1 saturated heterocycles. The van der Waals surface area contributed by atoms with Crippen molar-refractivity contribution in [3.8, 4) is 0 Å². The van der Waals surface area contributed by atoms with Crippen LogP contribution < -0.4 is 10.0 Å². The Labute approximate surface area is 115 Å². The van der Waals surface area contributed by atoms with Crippen molar-refractivity contribution in [2.24, 2.45) is 5.92 Å². The van der Waals surface area contributed by atoms with Crippen LogP contribution in [0.3, 0.4) is 0 Å². The van der Waals surface area contributed by atoms with Gasteiger partial charge in [-0.1, -0.05) is 18.2 Å². The topological polar surface area (TPSA) is 61.4 Å². The van der Waals surface area contributed by atoms with E-state index in [1.165, 1.54) is 0 Å². The first-order valence-corrected chi connectivity index (χ1v) is 8.03. The van der Waals surface area contributed by atoms with E-state index < -0.39 is 10.2 Å². The minimum absolute atomic E-state index is 0.395. The number of nitrogens with one attached hydrogen (secondary N) is 2. The minimum atomic E-state index is -3.43. The van der Waals surface area contributed by atoms with Crippen LogP contribution in [0.2, 0.25) is 0 Å². The lowest BCUT2D eigenvalue weighted by Crippen LogP contribution is -2.44. The highest BCUT2D eigenvalue weighted by atomic mass is 32.2. The van der Waals surface area contributed by atoms with Gasteiger partial charge in [-0.15, -0.1) is 0 Å². The van der Waals surface area contributed by atoms with Gasteiger partial charge in [-0.05, 0) is 44.5 Å². The van der Waals surface area contributed by atoms with E-state index in [2.05, 4.69) is 10.0 Å². The number of para-hydroxylation sites is 1. The zero-order chi connectivity index (χ0) is 13.7. The highest BCUT2D eigenvalue weighted by Gasteiger charge is 2.28. The van der Waals surface area contributed by atoms with Crippen molar-refractivity contribution < 1.29 is 8.42 Å². The Morgan fingerprint density at radius 1 is 1.32 bits per heavy atom. The summed E-state index contributed by atoms with van der Waals surface area (Å²) in [6, 6.07) is 9.01. The van der Waals surface area contributed by atoms with Gasteiger partial charge in [0.05, 0.1) is 0 Å². The Kier molecular flexibility index (Phi) is 4.79. The van der Waals surface area contributed by atoms with Gasteiger partial charge in [0.15, 0.2) is 0 Å². The maximum atomic E-state index is 12.3. The summed E-state index contributed by atoms with van der Waals surface area (Å²) in [6.45, 7) is 2.04. The first-order chi connectivity index (χ1) is 9.12. The van der Waals surface area contributed by atoms with Crippen molar-refractivity contribution in [3.63, 3.8) is 0 Å². The molecule has 0 saturated carbocycles. The summed E-state index contributed by atoms with van der Waals surface area (Å²) >= 11 is 0. The Morgan fingerprint density at radius 3 is 2.74 bits per heavy atom. The number of anilines is 1. The maximum absolute atomic E-state index is 12.3. The molecule has 0 radical (unpaired) electrons. The van der Waals surface area contributed by atoms with Gasteiger partial charge in [0.25, 0.3) is 0 Å². The predicted molar refractivity (Wildman–Crippen MR) is 77.2 cm³/mol. The molecule has 2 N–H and O–H groups in total. The van der Waals surface area contributed by atoms with Gasteiger partial charge in [-0.3, -0.25) is 4.72 Å². The standard InChI is InChI=1S/C13H21N3O2S/c1-14-10-12-6-5-9-16(11-12)19(17,18)15-13-7-3-2-4-8-13/h2-4,7-8,12,14-15H,5-6,9-11H2,1H3. The van der Waals surface area contributed by atoms with Gasteiger partial charge >= 0.3 is 10.2 Å². The second-order valence-electron chi connectivity index (χ2n) is 4.90. The monoisotopic (exact) mass is 283 g/mol. The molecule has 106 valence electrons. The quantitative estimate of drug-likeness (QED) is 0.855. The van der Waals surface area contributed by atoms with E-state index >= 15 is 0 Å². The van der Waals surface area contributed by atoms with Crippen LogP contribution >= 0.6 is 0 Å². The van der Waals surface area contributed by atoms with Crippen LogP contribution in [0.15, 0.2) is 30.3 Å². The lowest BCUT2D eigenvalue weighted by molar-refractivity contribution is 0.264. The lowest BCUT2D eigenvalue weighted by atomic mass is 10.00. The van der Waals surface area contributed by atoms with E-state index in [0.717, 1.165) is 19.4 Å². The van der Waals surface area contributed by atoms with Crippen molar-refractivity contribution in [3.05, 3.63) is 30.3 Å². The van der Waals surface area contributed by atoms with Crippen LogP contribution in [0.25, 0.3) is 0 Å². The van der Waals surface area contributed by atoms with E-state index in [-0.39, 0.29) is 0 Å². The number of nitrogens with zero attached hydrogens (tertiary/aromatic N) is 1. The number of rotatable bonds is 5. The zero-order valence-electron chi connectivity index (χ0n) is 11.2. The molecular weight excluding hydrogens is 262 g/mol. The first kappa shape index (κ1) is 14.3. The summed E-state index contributed by atoms with van der Waals surface area (Å²) in [7, 11) is -1.53.